The summed E-state index contributed by atoms with van der Waals surface area (Å²) in [5, 5.41) is 4.17. The molecule has 1 atom stereocenters. The van der Waals surface area contributed by atoms with Gasteiger partial charge in [0.1, 0.15) is 10.8 Å². The zero-order valence-electron chi connectivity index (χ0n) is 21.8. The van der Waals surface area contributed by atoms with Gasteiger partial charge in [-0.25, -0.2) is 18.1 Å². The van der Waals surface area contributed by atoms with Crippen LogP contribution in [0.1, 0.15) is 50.3 Å². The highest BCUT2D eigenvalue weighted by atomic mass is 32.2. The highest BCUT2D eigenvalue weighted by Crippen LogP contribution is 2.42. The molecule has 2 aromatic carbocycles. The molecule has 9 heteroatoms. The number of ether oxygens (including phenoxy) is 1. The van der Waals surface area contributed by atoms with Crippen LogP contribution in [0.25, 0.3) is 21.0 Å². The van der Waals surface area contributed by atoms with E-state index in [1.54, 1.807) is 11.3 Å². The molecule has 0 spiro atoms. The van der Waals surface area contributed by atoms with Crippen molar-refractivity contribution in [3.05, 3.63) is 53.7 Å². The van der Waals surface area contributed by atoms with Gasteiger partial charge in [-0.1, -0.05) is 18.2 Å². The first-order chi connectivity index (χ1) is 17.8. The number of sulfonamides is 1. The Labute approximate surface area is 224 Å². The summed E-state index contributed by atoms with van der Waals surface area (Å²) in [4.78, 5) is 8.07. The minimum absolute atomic E-state index is 0.1000. The Morgan fingerprint density at radius 1 is 1.19 bits per heavy atom. The summed E-state index contributed by atoms with van der Waals surface area (Å²) in [6.45, 7) is 6.66. The normalized spacial score (nSPS) is 17.9. The van der Waals surface area contributed by atoms with Crippen LogP contribution >= 0.6 is 11.3 Å². The van der Waals surface area contributed by atoms with E-state index in [0.717, 1.165) is 63.9 Å². The summed E-state index contributed by atoms with van der Waals surface area (Å²) in [6.07, 6.45) is 6.00. The number of benzene rings is 2. The van der Waals surface area contributed by atoms with Crippen LogP contribution in [-0.2, 0) is 16.4 Å². The van der Waals surface area contributed by atoms with Gasteiger partial charge in [0.25, 0.3) is 0 Å². The molecule has 0 radical (unpaired) electrons. The molecular formula is C28H36N4O3S2. The lowest BCUT2D eigenvalue weighted by Crippen LogP contribution is -2.35. The molecule has 198 valence electrons. The van der Waals surface area contributed by atoms with Crippen LogP contribution in [0.3, 0.4) is 0 Å². The first-order valence-corrected chi connectivity index (χ1v) is 15.6. The standard InChI is InChI=1S/C28H36N4O3S2/c1-19(2)35-26-12-9-20(17-25(26)29-3)28-30-18-27(36-28)23-8-6-7-22-21(23)10-11-24(22)31-37(33,34)16-15-32-13-4-5-14-32/h6-9,12,17-19,24,29,31H,4-5,10-11,13-16H2,1-3H3/t24-/m0/s1. The van der Waals surface area contributed by atoms with Crippen molar-refractivity contribution >= 4 is 27.0 Å². The van der Waals surface area contributed by atoms with E-state index < -0.39 is 10.0 Å². The van der Waals surface area contributed by atoms with Crippen molar-refractivity contribution in [1.82, 2.24) is 14.6 Å². The van der Waals surface area contributed by atoms with Gasteiger partial charge in [-0.05, 0) is 87.5 Å². The first-order valence-electron chi connectivity index (χ1n) is 13.1. The van der Waals surface area contributed by atoms with Gasteiger partial charge in [0.15, 0.2) is 0 Å². The second kappa shape index (κ2) is 11.1. The van der Waals surface area contributed by atoms with E-state index in [1.165, 1.54) is 18.4 Å². The van der Waals surface area contributed by atoms with Crippen molar-refractivity contribution in [1.29, 1.82) is 0 Å². The Balaban J connectivity index is 1.33. The molecular weight excluding hydrogens is 504 g/mol. The van der Waals surface area contributed by atoms with E-state index in [1.807, 2.05) is 45.3 Å². The molecule has 2 heterocycles. The number of aromatic nitrogens is 1. The van der Waals surface area contributed by atoms with Crippen molar-refractivity contribution in [3.63, 3.8) is 0 Å². The number of nitrogens with one attached hydrogen (secondary N) is 2. The Morgan fingerprint density at radius 2 is 2.00 bits per heavy atom. The fourth-order valence-corrected chi connectivity index (χ4v) is 7.55. The minimum atomic E-state index is -3.34. The van der Waals surface area contributed by atoms with Crippen LogP contribution in [0.2, 0.25) is 0 Å². The molecule has 1 saturated heterocycles. The molecule has 7 nitrogen and oxygen atoms in total. The number of anilines is 1. The summed E-state index contributed by atoms with van der Waals surface area (Å²) < 4.78 is 34.6. The molecule has 1 fully saturated rings. The number of hydrogen-bond donors (Lipinski definition) is 2. The van der Waals surface area contributed by atoms with Crippen molar-refractivity contribution in [2.45, 2.75) is 51.7 Å². The summed E-state index contributed by atoms with van der Waals surface area (Å²) in [7, 11) is -1.45. The van der Waals surface area contributed by atoms with Gasteiger partial charge in [-0.15, -0.1) is 11.3 Å². The van der Waals surface area contributed by atoms with E-state index in [9.17, 15) is 8.42 Å². The maximum absolute atomic E-state index is 12.8. The van der Waals surface area contributed by atoms with Crippen LogP contribution in [0, 0.1) is 0 Å². The van der Waals surface area contributed by atoms with Crippen molar-refractivity contribution in [3.8, 4) is 26.8 Å². The van der Waals surface area contributed by atoms with E-state index in [-0.39, 0.29) is 17.9 Å². The molecule has 5 rings (SSSR count). The monoisotopic (exact) mass is 540 g/mol. The molecule has 0 bridgehead atoms. The molecule has 0 saturated carbocycles. The summed E-state index contributed by atoms with van der Waals surface area (Å²) >= 11 is 1.66. The second-order valence-electron chi connectivity index (χ2n) is 10.1. The number of nitrogens with zero attached hydrogens (tertiary/aromatic N) is 2. The van der Waals surface area contributed by atoms with Gasteiger partial charge in [-0.3, -0.25) is 0 Å². The highest BCUT2D eigenvalue weighted by molar-refractivity contribution is 7.89. The molecule has 3 aromatic rings. The van der Waals surface area contributed by atoms with E-state index >= 15 is 0 Å². The first kappa shape index (κ1) is 26.2. The largest absolute Gasteiger partial charge is 0.489 e. The summed E-state index contributed by atoms with van der Waals surface area (Å²) in [5.74, 6) is 0.986. The molecule has 0 amide bonds. The van der Waals surface area contributed by atoms with Gasteiger partial charge in [-0.2, -0.15) is 0 Å². The molecule has 37 heavy (non-hydrogen) atoms. The van der Waals surface area contributed by atoms with Crippen LogP contribution < -0.4 is 14.8 Å². The zero-order chi connectivity index (χ0) is 26.0. The van der Waals surface area contributed by atoms with Gasteiger partial charge < -0.3 is 15.0 Å². The Kier molecular flexibility index (Phi) is 7.85. The van der Waals surface area contributed by atoms with Crippen LogP contribution in [-0.4, -0.2) is 56.8 Å². The Morgan fingerprint density at radius 3 is 2.76 bits per heavy atom. The van der Waals surface area contributed by atoms with E-state index in [4.69, 9.17) is 9.72 Å². The fraction of sp³-hybridized carbons (Fsp3) is 0.464. The Bertz CT molecular complexity index is 1350. The quantitative estimate of drug-likeness (QED) is 0.363. The smallest absolute Gasteiger partial charge is 0.213 e. The van der Waals surface area contributed by atoms with Crippen LogP contribution in [0.5, 0.6) is 5.75 Å². The predicted octanol–water partition coefficient (Wildman–Crippen LogP) is 5.31. The Hall–Kier alpha value is -2.46. The third-order valence-corrected chi connectivity index (χ3v) is 9.54. The maximum Gasteiger partial charge on any atom is 0.213 e. The lowest BCUT2D eigenvalue weighted by Gasteiger charge is -2.18. The van der Waals surface area contributed by atoms with Crippen LogP contribution in [0.15, 0.2) is 42.6 Å². The summed E-state index contributed by atoms with van der Waals surface area (Å²) in [5.41, 5.74) is 5.43. The van der Waals surface area contributed by atoms with E-state index in [0.29, 0.717) is 6.54 Å². The molecule has 1 aromatic heterocycles. The molecule has 0 unspecified atom stereocenters. The molecule has 1 aliphatic carbocycles. The predicted molar refractivity (Wildman–Crippen MR) is 152 cm³/mol. The van der Waals surface area contributed by atoms with E-state index in [2.05, 4.69) is 33.1 Å². The number of fused-ring (bicyclic) bond motifs is 1. The number of likely N-dealkylation sites (tertiary alicyclic amines) is 1. The average Bonchev–Trinajstić information content (AvgIpc) is 3.64. The molecule has 2 aliphatic rings. The lowest BCUT2D eigenvalue weighted by molar-refractivity contribution is 0.244. The fourth-order valence-electron chi connectivity index (χ4n) is 5.29. The number of thiazole rings is 1. The molecule has 1 aliphatic heterocycles. The molecule has 2 N–H and O–H groups in total. The third-order valence-electron chi connectivity index (χ3n) is 7.10. The highest BCUT2D eigenvalue weighted by Gasteiger charge is 2.29. The SMILES string of the molecule is CNc1cc(-c2ncc(-c3cccc4c3CC[C@@H]4NS(=O)(=O)CCN3CCCC3)s2)ccc1OC(C)C. The lowest BCUT2D eigenvalue weighted by atomic mass is 10.0. The van der Waals surface area contributed by atoms with Crippen molar-refractivity contribution in [2.75, 3.05) is 37.8 Å². The zero-order valence-corrected chi connectivity index (χ0v) is 23.4. The van der Waals surface area contributed by atoms with Gasteiger partial charge in [0.05, 0.1) is 22.4 Å². The summed E-state index contributed by atoms with van der Waals surface area (Å²) in [6, 6.07) is 12.2. The average molecular weight is 541 g/mol. The van der Waals surface area contributed by atoms with Gasteiger partial charge in [0, 0.05) is 31.4 Å². The topological polar surface area (TPSA) is 83.6 Å². The van der Waals surface area contributed by atoms with Gasteiger partial charge in [0.2, 0.25) is 10.0 Å². The van der Waals surface area contributed by atoms with Crippen LogP contribution in [0.4, 0.5) is 5.69 Å². The van der Waals surface area contributed by atoms with Gasteiger partial charge >= 0.3 is 0 Å². The minimum Gasteiger partial charge on any atom is -0.489 e. The maximum atomic E-state index is 12.8. The second-order valence-corrected chi connectivity index (χ2v) is 13.0. The number of rotatable bonds is 10. The van der Waals surface area contributed by atoms with Crippen molar-refractivity contribution in [2.24, 2.45) is 0 Å². The third kappa shape index (κ3) is 6.00. The van der Waals surface area contributed by atoms with Crippen molar-refractivity contribution < 1.29 is 13.2 Å². The number of hydrogen-bond acceptors (Lipinski definition) is 7.